The Hall–Kier alpha value is -1.60. The molecule has 0 radical (unpaired) electrons. The molecule has 8 heteroatoms. The fourth-order valence-corrected chi connectivity index (χ4v) is 4.90. The molecule has 1 N–H and O–H groups in total. The Bertz CT molecular complexity index is 944. The SMILES string of the molecule is O=C(O)C[C@H]1O[C@H](c2cc(Cl)cc(Br)c2)[C@@H](c2ccc(Cl)cc2)N(CC2CC2)C1=O. The predicted octanol–water partition coefficient (Wildman–Crippen LogP) is 5.65. The highest BCUT2D eigenvalue weighted by atomic mass is 79.9. The van der Waals surface area contributed by atoms with E-state index in [-0.39, 0.29) is 12.3 Å². The van der Waals surface area contributed by atoms with Gasteiger partial charge in [-0.2, -0.15) is 0 Å². The van der Waals surface area contributed by atoms with Crippen LogP contribution >= 0.6 is 39.1 Å². The number of hydrogen-bond acceptors (Lipinski definition) is 3. The Balaban J connectivity index is 1.81. The van der Waals surface area contributed by atoms with E-state index in [2.05, 4.69) is 15.9 Å². The summed E-state index contributed by atoms with van der Waals surface area (Å²) in [4.78, 5) is 26.5. The van der Waals surface area contributed by atoms with Crippen molar-refractivity contribution in [2.75, 3.05) is 6.54 Å². The van der Waals surface area contributed by atoms with E-state index in [4.69, 9.17) is 27.9 Å². The predicted molar refractivity (Wildman–Crippen MR) is 118 cm³/mol. The summed E-state index contributed by atoms with van der Waals surface area (Å²) >= 11 is 15.8. The molecule has 0 aromatic heterocycles. The van der Waals surface area contributed by atoms with Crippen LogP contribution in [0.1, 0.15) is 42.5 Å². The summed E-state index contributed by atoms with van der Waals surface area (Å²) in [5.41, 5.74) is 1.65. The number of morpholine rings is 1. The van der Waals surface area contributed by atoms with Crippen LogP contribution in [0, 0.1) is 5.92 Å². The van der Waals surface area contributed by atoms with E-state index >= 15 is 0 Å². The molecule has 1 saturated carbocycles. The highest BCUT2D eigenvalue weighted by Crippen LogP contribution is 2.45. The topological polar surface area (TPSA) is 66.8 Å². The van der Waals surface area contributed by atoms with Crippen molar-refractivity contribution in [3.05, 3.63) is 68.1 Å². The van der Waals surface area contributed by atoms with Crippen LogP contribution in [0.5, 0.6) is 0 Å². The van der Waals surface area contributed by atoms with Gasteiger partial charge in [0.25, 0.3) is 5.91 Å². The summed E-state index contributed by atoms with van der Waals surface area (Å²) in [5.74, 6) is -0.934. The normalized spacial score (nSPS) is 24.2. The summed E-state index contributed by atoms with van der Waals surface area (Å²) in [7, 11) is 0. The largest absolute Gasteiger partial charge is 0.481 e. The van der Waals surface area contributed by atoms with Gasteiger partial charge in [0, 0.05) is 21.1 Å². The van der Waals surface area contributed by atoms with E-state index in [0.29, 0.717) is 22.5 Å². The van der Waals surface area contributed by atoms with Crippen molar-refractivity contribution in [2.45, 2.75) is 37.5 Å². The molecule has 0 bridgehead atoms. The van der Waals surface area contributed by atoms with Crippen molar-refractivity contribution < 1.29 is 19.4 Å². The third-order valence-corrected chi connectivity index (χ3v) is 6.36. The number of carboxylic acid groups (broad SMARTS) is 1. The van der Waals surface area contributed by atoms with Crippen molar-refractivity contribution in [1.29, 1.82) is 0 Å². The number of carbonyl (C=O) groups excluding carboxylic acids is 1. The Labute approximate surface area is 193 Å². The number of carboxylic acids is 1. The average molecular weight is 513 g/mol. The molecule has 30 heavy (non-hydrogen) atoms. The smallest absolute Gasteiger partial charge is 0.306 e. The van der Waals surface area contributed by atoms with Gasteiger partial charge in [-0.1, -0.05) is 51.3 Å². The number of rotatable bonds is 6. The van der Waals surface area contributed by atoms with Gasteiger partial charge >= 0.3 is 5.97 Å². The first kappa shape index (κ1) is 21.6. The molecular weight excluding hydrogens is 493 g/mol. The lowest BCUT2D eigenvalue weighted by molar-refractivity contribution is -0.179. The molecule has 1 aliphatic heterocycles. The maximum atomic E-state index is 13.3. The third kappa shape index (κ3) is 4.83. The molecule has 0 spiro atoms. The number of halogens is 3. The second kappa shape index (κ2) is 8.87. The molecule has 1 amide bonds. The van der Waals surface area contributed by atoms with E-state index in [1.807, 2.05) is 18.2 Å². The second-order valence-corrected chi connectivity index (χ2v) is 9.56. The number of nitrogens with zero attached hydrogens (tertiary/aromatic N) is 1. The van der Waals surface area contributed by atoms with Crippen molar-refractivity contribution in [1.82, 2.24) is 4.90 Å². The van der Waals surface area contributed by atoms with E-state index in [9.17, 15) is 14.7 Å². The van der Waals surface area contributed by atoms with Gasteiger partial charge in [0.1, 0.15) is 12.2 Å². The quantitative estimate of drug-likeness (QED) is 0.543. The van der Waals surface area contributed by atoms with Gasteiger partial charge in [-0.15, -0.1) is 0 Å². The van der Waals surface area contributed by atoms with Crippen molar-refractivity contribution in [2.24, 2.45) is 5.92 Å². The molecule has 2 aliphatic rings. The lowest BCUT2D eigenvalue weighted by Crippen LogP contribution is -2.52. The van der Waals surface area contributed by atoms with Gasteiger partial charge in [0.05, 0.1) is 12.5 Å². The Morgan fingerprint density at radius 1 is 1.10 bits per heavy atom. The van der Waals surface area contributed by atoms with Gasteiger partial charge in [0.15, 0.2) is 0 Å². The molecule has 4 rings (SSSR count). The summed E-state index contributed by atoms with van der Waals surface area (Å²) in [6.45, 7) is 0.573. The zero-order valence-corrected chi connectivity index (χ0v) is 19.0. The molecule has 1 aliphatic carbocycles. The van der Waals surface area contributed by atoms with Crippen molar-refractivity contribution in [3.63, 3.8) is 0 Å². The maximum absolute atomic E-state index is 13.3. The lowest BCUT2D eigenvalue weighted by atomic mass is 9.91. The number of carbonyl (C=O) groups is 2. The number of hydrogen-bond donors (Lipinski definition) is 1. The Morgan fingerprint density at radius 3 is 2.40 bits per heavy atom. The van der Waals surface area contributed by atoms with Crippen LogP contribution in [0.4, 0.5) is 0 Å². The summed E-state index contributed by atoms with van der Waals surface area (Å²) in [6.07, 6.45) is 0.129. The first-order chi connectivity index (χ1) is 14.3. The maximum Gasteiger partial charge on any atom is 0.306 e. The van der Waals surface area contributed by atoms with Gasteiger partial charge in [-0.25, -0.2) is 0 Å². The Kier molecular flexibility index (Phi) is 6.39. The second-order valence-electron chi connectivity index (χ2n) is 7.78. The minimum atomic E-state index is -1.07. The van der Waals surface area contributed by atoms with Gasteiger partial charge in [-0.05, 0) is 60.2 Å². The van der Waals surface area contributed by atoms with Gasteiger partial charge < -0.3 is 14.7 Å². The lowest BCUT2D eigenvalue weighted by Gasteiger charge is -2.45. The molecular formula is C22H20BrCl2NO4. The molecule has 2 fully saturated rings. The van der Waals surface area contributed by atoms with Crippen LogP contribution in [-0.2, 0) is 14.3 Å². The highest BCUT2D eigenvalue weighted by molar-refractivity contribution is 9.10. The molecule has 3 atom stereocenters. The summed E-state index contributed by atoms with van der Waals surface area (Å²) < 4.78 is 6.93. The molecule has 1 saturated heterocycles. The van der Waals surface area contributed by atoms with Crippen molar-refractivity contribution >= 4 is 51.0 Å². The van der Waals surface area contributed by atoms with Crippen LogP contribution in [-0.4, -0.2) is 34.5 Å². The van der Waals surface area contributed by atoms with Crippen LogP contribution in [0.3, 0.4) is 0 Å². The number of amides is 1. The van der Waals surface area contributed by atoms with E-state index in [0.717, 1.165) is 28.4 Å². The first-order valence-electron chi connectivity index (χ1n) is 9.71. The number of ether oxygens (including phenoxy) is 1. The van der Waals surface area contributed by atoms with E-state index < -0.39 is 24.2 Å². The third-order valence-electron chi connectivity index (χ3n) is 5.43. The highest BCUT2D eigenvalue weighted by Gasteiger charge is 2.46. The minimum Gasteiger partial charge on any atom is -0.481 e. The van der Waals surface area contributed by atoms with E-state index in [1.165, 1.54) is 0 Å². The van der Waals surface area contributed by atoms with Crippen LogP contribution in [0.2, 0.25) is 10.0 Å². The number of benzene rings is 2. The molecule has 158 valence electrons. The molecule has 0 unspecified atom stereocenters. The van der Waals surface area contributed by atoms with Crippen molar-refractivity contribution in [3.8, 4) is 0 Å². The monoisotopic (exact) mass is 511 g/mol. The minimum absolute atomic E-state index is 0.290. The van der Waals surface area contributed by atoms with Gasteiger partial charge in [0.2, 0.25) is 0 Å². The Morgan fingerprint density at radius 2 is 1.80 bits per heavy atom. The molecule has 2 aromatic rings. The first-order valence-corrected chi connectivity index (χ1v) is 11.3. The molecule has 1 heterocycles. The zero-order chi connectivity index (χ0) is 21.4. The summed E-state index contributed by atoms with van der Waals surface area (Å²) in [5, 5.41) is 10.5. The molecule has 2 aromatic carbocycles. The fourth-order valence-electron chi connectivity index (χ4n) is 3.89. The van der Waals surface area contributed by atoms with Gasteiger partial charge in [-0.3, -0.25) is 9.59 Å². The van der Waals surface area contributed by atoms with E-state index in [1.54, 1.807) is 29.2 Å². The average Bonchev–Trinajstić information content (AvgIpc) is 3.49. The zero-order valence-electron chi connectivity index (χ0n) is 15.9. The standard InChI is InChI=1S/C22H20BrCl2NO4/c23-15-7-14(8-17(25)9-15)21-20(13-3-5-16(24)6-4-13)26(11-12-1-2-12)22(29)18(30-21)10-19(27)28/h3-9,12,18,20-21H,1-2,10-11H2,(H,27,28)/t18-,20-,21-/m1/s1. The molecule has 5 nitrogen and oxygen atoms in total. The summed E-state index contributed by atoms with van der Waals surface area (Å²) in [6, 6.07) is 12.4. The number of aliphatic carboxylic acids is 1. The van der Waals surface area contributed by atoms with Crippen LogP contribution in [0.15, 0.2) is 46.9 Å². The fraction of sp³-hybridized carbons (Fsp3) is 0.364. The van der Waals surface area contributed by atoms with Crippen LogP contribution in [0.25, 0.3) is 0 Å². The van der Waals surface area contributed by atoms with Crippen LogP contribution < -0.4 is 0 Å².